The van der Waals surface area contributed by atoms with Crippen molar-refractivity contribution >= 4 is 16.8 Å². The first kappa shape index (κ1) is 10.7. The van der Waals surface area contributed by atoms with E-state index in [1.165, 1.54) is 7.11 Å². The first-order valence-corrected chi connectivity index (χ1v) is 6.02. The van der Waals surface area contributed by atoms with E-state index in [4.69, 9.17) is 0 Å². The molecule has 1 atom stereocenters. The Morgan fingerprint density at radius 2 is 2.15 bits per heavy atom. The van der Waals surface area contributed by atoms with E-state index in [-0.39, 0.29) is 11.4 Å². The molecular formula is C9H16O3S. The fraction of sp³-hybridized carbons (Fsp3) is 0.889. The van der Waals surface area contributed by atoms with Crippen molar-refractivity contribution in [2.24, 2.45) is 5.41 Å². The monoisotopic (exact) mass is 204 g/mol. The van der Waals surface area contributed by atoms with Gasteiger partial charge in [0.1, 0.15) is 0 Å². The number of rotatable bonds is 5. The van der Waals surface area contributed by atoms with Crippen LogP contribution < -0.4 is 0 Å². The molecule has 4 heteroatoms. The van der Waals surface area contributed by atoms with Crippen molar-refractivity contribution < 1.29 is 13.7 Å². The molecule has 1 aliphatic carbocycles. The van der Waals surface area contributed by atoms with Crippen molar-refractivity contribution in [1.82, 2.24) is 0 Å². The van der Waals surface area contributed by atoms with Gasteiger partial charge in [-0.05, 0) is 18.3 Å². The van der Waals surface area contributed by atoms with E-state index in [9.17, 15) is 9.00 Å². The van der Waals surface area contributed by atoms with Gasteiger partial charge in [-0.1, -0.05) is 6.92 Å². The van der Waals surface area contributed by atoms with E-state index in [1.807, 2.05) is 6.92 Å². The summed E-state index contributed by atoms with van der Waals surface area (Å²) < 4.78 is 15.9. The Bertz CT molecular complexity index is 201. The maximum atomic E-state index is 11.3. The third-order valence-electron chi connectivity index (χ3n) is 2.49. The second-order valence-electron chi connectivity index (χ2n) is 3.63. The lowest BCUT2D eigenvalue weighted by Crippen LogP contribution is -2.18. The van der Waals surface area contributed by atoms with Gasteiger partial charge in [-0.25, -0.2) is 0 Å². The zero-order chi connectivity index (χ0) is 9.90. The number of ether oxygens (including phenoxy) is 1. The summed E-state index contributed by atoms with van der Waals surface area (Å²) in [6.45, 7) is 1.91. The van der Waals surface area contributed by atoms with E-state index < -0.39 is 10.8 Å². The van der Waals surface area contributed by atoms with Gasteiger partial charge in [-0.15, -0.1) is 0 Å². The fourth-order valence-electron chi connectivity index (χ4n) is 1.37. The maximum absolute atomic E-state index is 11.3. The largest absolute Gasteiger partial charge is 0.469 e. The molecule has 0 aromatic rings. The van der Waals surface area contributed by atoms with Gasteiger partial charge in [-0.2, -0.15) is 0 Å². The molecule has 0 radical (unpaired) electrons. The van der Waals surface area contributed by atoms with Gasteiger partial charge in [-0.3, -0.25) is 9.00 Å². The van der Waals surface area contributed by atoms with Crippen molar-refractivity contribution in [1.29, 1.82) is 0 Å². The van der Waals surface area contributed by atoms with Gasteiger partial charge in [0.25, 0.3) is 0 Å². The number of carbonyl (C=O) groups excluding carboxylic acids is 1. The van der Waals surface area contributed by atoms with Crippen LogP contribution in [0.1, 0.15) is 26.2 Å². The smallest absolute Gasteiger partial charge is 0.306 e. The number of esters is 1. The quantitative estimate of drug-likeness (QED) is 0.630. The molecule has 1 saturated carbocycles. The van der Waals surface area contributed by atoms with Crippen LogP contribution >= 0.6 is 0 Å². The molecule has 1 fully saturated rings. The standard InChI is InChI=1S/C9H16O3S/c1-3-13(11)7-9(4-5-9)6-8(10)12-2/h3-7H2,1-2H3. The summed E-state index contributed by atoms with van der Waals surface area (Å²) in [5.41, 5.74) is 0.0218. The molecule has 13 heavy (non-hydrogen) atoms. The lowest BCUT2D eigenvalue weighted by atomic mass is 10.1. The minimum absolute atomic E-state index is 0.0218. The molecule has 76 valence electrons. The molecule has 0 saturated heterocycles. The Kier molecular flexibility index (Phi) is 3.47. The normalized spacial score (nSPS) is 20.8. The number of hydrogen-bond donors (Lipinski definition) is 0. The average molecular weight is 204 g/mol. The highest BCUT2D eigenvalue weighted by atomic mass is 32.2. The van der Waals surface area contributed by atoms with E-state index in [1.54, 1.807) is 0 Å². The van der Waals surface area contributed by atoms with Crippen LogP contribution in [0, 0.1) is 5.41 Å². The van der Waals surface area contributed by atoms with Crippen LogP contribution in [0.15, 0.2) is 0 Å². The zero-order valence-electron chi connectivity index (χ0n) is 8.17. The first-order valence-electron chi connectivity index (χ1n) is 4.54. The first-order chi connectivity index (χ1) is 6.12. The van der Waals surface area contributed by atoms with Gasteiger partial charge in [0.15, 0.2) is 0 Å². The summed E-state index contributed by atoms with van der Waals surface area (Å²) in [6, 6.07) is 0. The fourth-order valence-corrected chi connectivity index (χ4v) is 2.65. The number of carbonyl (C=O) groups is 1. The third kappa shape index (κ3) is 3.10. The van der Waals surface area contributed by atoms with Crippen LogP contribution in [-0.2, 0) is 20.3 Å². The molecule has 3 nitrogen and oxygen atoms in total. The van der Waals surface area contributed by atoms with Gasteiger partial charge >= 0.3 is 5.97 Å². The molecule has 0 aromatic heterocycles. The van der Waals surface area contributed by atoms with Crippen molar-refractivity contribution in [3.63, 3.8) is 0 Å². The van der Waals surface area contributed by atoms with Crippen LogP contribution in [-0.4, -0.2) is 28.8 Å². The molecule has 0 bridgehead atoms. The molecule has 0 aromatic carbocycles. The molecule has 1 aliphatic rings. The highest BCUT2D eigenvalue weighted by Gasteiger charge is 2.45. The summed E-state index contributed by atoms with van der Waals surface area (Å²) >= 11 is 0. The Labute approximate surface area is 81.3 Å². The van der Waals surface area contributed by atoms with Gasteiger partial charge in [0, 0.05) is 22.3 Å². The Morgan fingerprint density at radius 1 is 1.54 bits per heavy atom. The van der Waals surface area contributed by atoms with Crippen molar-refractivity contribution in [3.8, 4) is 0 Å². The summed E-state index contributed by atoms with van der Waals surface area (Å²) in [5, 5.41) is 0. The molecule has 0 heterocycles. The Hall–Kier alpha value is -0.380. The number of hydrogen-bond acceptors (Lipinski definition) is 3. The lowest BCUT2D eigenvalue weighted by molar-refractivity contribution is -0.141. The topological polar surface area (TPSA) is 43.4 Å². The van der Waals surface area contributed by atoms with Crippen LogP contribution in [0.5, 0.6) is 0 Å². The summed E-state index contributed by atoms with van der Waals surface area (Å²) in [7, 11) is 0.638. The summed E-state index contributed by atoms with van der Waals surface area (Å²) in [4.78, 5) is 11.0. The Morgan fingerprint density at radius 3 is 2.54 bits per heavy atom. The minimum atomic E-state index is -0.760. The zero-order valence-corrected chi connectivity index (χ0v) is 8.99. The minimum Gasteiger partial charge on any atom is -0.469 e. The molecule has 0 amide bonds. The lowest BCUT2D eigenvalue weighted by Gasteiger charge is -2.11. The average Bonchev–Trinajstić information content (AvgIpc) is 2.84. The van der Waals surface area contributed by atoms with Gasteiger partial charge in [0.2, 0.25) is 0 Å². The number of methoxy groups -OCH3 is 1. The Balaban J connectivity index is 2.39. The predicted octanol–water partition coefficient (Wildman–Crippen LogP) is 1.10. The summed E-state index contributed by atoms with van der Waals surface area (Å²) in [5.74, 6) is 1.17. The van der Waals surface area contributed by atoms with Gasteiger partial charge < -0.3 is 4.74 Å². The second-order valence-corrected chi connectivity index (χ2v) is 5.37. The third-order valence-corrected chi connectivity index (χ3v) is 4.07. The molecule has 0 spiro atoms. The molecule has 1 rings (SSSR count). The highest BCUT2D eigenvalue weighted by Crippen LogP contribution is 2.49. The van der Waals surface area contributed by atoms with Gasteiger partial charge in [0.05, 0.1) is 13.5 Å². The van der Waals surface area contributed by atoms with Crippen LogP contribution in [0.25, 0.3) is 0 Å². The molecular weight excluding hydrogens is 188 g/mol. The molecule has 0 aliphatic heterocycles. The summed E-state index contributed by atoms with van der Waals surface area (Å²) in [6.07, 6.45) is 2.48. The second kappa shape index (κ2) is 4.22. The predicted molar refractivity (Wildman–Crippen MR) is 51.9 cm³/mol. The van der Waals surface area contributed by atoms with E-state index in [0.29, 0.717) is 17.9 Å². The van der Waals surface area contributed by atoms with Crippen LogP contribution in [0.4, 0.5) is 0 Å². The molecule has 1 unspecified atom stereocenters. The van der Waals surface area contributed by atoms with E-state index in [0.717, 1.165) is 12.8 Å². The van der Waals surface area contributed by atoms with E-state index in [2.05, 4.69) is 4.74 Å². The van der Waals surface area contributed by atoms with Crippen molar-refractivity contribution in [2.45, 2.75) is 26.2 Å². The van der Waals surface area contributed by atoms with E-state index >= 15 is 0 Å². The van der Waals surface area contributed by atoms with Crippen molar-refractivity contribution in [3.05, 3.63) is 0 Å². The molecule has 0 N–H and O–H groups in total. The van der Waals surface area contributed by atoms with Crippen LogP contribution in [0.3, 0.4) is 0 Å². The van der Waals surface area contributed by atoms with Crippen LogP contribution in [0.2, 0.25) is 0 Å². The maximum Gasteiger partial charge on any atom is 0.306 e. The SMILES string of the molecule is CCS(=O)CC1(CC(=O)OC)CC1. The van der Waals surface area contributed by atoms with Crippen molar-refractivity contribution in [2.75, 3.05) is 18.6 Å². The highest BCUT2D eigenvalue weighted by molar-refractivity contribution is 7.84.